The van der Waals surface area contributed by atoms with E-state index in [0.29, 0.717) is 6.73 Å². The van der Waals surface area contributed by atoms with Gasteiger partial charge in [-0.3, -0.25) is 4.90 Å². The summed E-state index contributed by atoms with van der Waals surface area (Å²) >= 11 is 3.50. The van der Waals surface area contributed by atoms with Crippen LogP contribution in [-0.4, -0.2) is 18.9 Å². The third kappa shape index (κ3) is 2.33. The zero-order valence-electron chi connectivity index (χ0n) is 13.9. The number of hydrogen-bond acceptors (Lipinski definition) is 7. The van der Waals surface area contributed by atoms with E-state index in [2.05, 4.69) is 37.0 Å². The van der Waals surface area contributed by atoms with Crippen molar-refractivity contribution in [3.8, 4) is 5.75 Å². The highest BCUT2D eigenvalue weighted by Crippen LogP contribution is 2.42. The van der Waals surface area contributed by atoms with E-state index in [1.54, 1.807) is 0 Å². The normalized spacial score (nSPS) is 22.6. The highest BCUT2D eigenvalue weighted by atomic mass is 79.9. The fourth-order valence-electron chi connectivity index (χ4n) is 3.23. The summed E-state index contributed by atoms with van der Waals surface area (Å²) in [6.45, 7) is 2.47. The molecule has 1 unspecified atom stereocenters. The lowest BCUT2D eigenvalue weighted by molar-refractivity contribution is -0.0214. The molecule has 1 atom stereocenters. The minimum atomic E-state index is -1.11. The van der Waals surface area contributed by atoms with E-state index in [-0.39, 0.29) is 0 Å². The average molecular weight is 414 g/mol. The van der Waals surface area contributed by atoms with Crippen molar-refractivity contribution in [2.75, 3.05) is 22.3 Å². The number of aliphatic imine (C=N–C) groups is 1. The van der Waals surface area contributed by atoms with Crippen LogP contribution in [-0.2, 0) is 4.84 Å². The number of allylic oxidation sites excluding steroid dienone is 1. The Morgan fingerprint density at radius 2 is 2.19 bits per heavy atom. The highest BCUT2D eigenvalue weighted by Gasteiger charge is 2.49. The van der Waals surface area contributed by atoms with Gasteiger partial charge < -0.3 is 15.4 Å². The summed E-state index contributed by atoms with van der Waals surface area (Å²) in [5.41, 5.74) is 6.76. The second kappa shape index (κ2) is 5.65. The molecule has 0 spiro atoms. The second-order valence-electron chi connectivity index (χ2n) is 6.22. The zero-order valence-corrected chi connectivity index (χ0v) is 15.5. The van der Waals surface area contributed by atoms with Gasteiger partial charge in [-0.25, -0.2) is 15.3 Å². The maximum Gasteiger partial charge on any atom is 0.351 e. The Balaban J connectivity index is 1.58. The molecule has 0 aromatic heterocycles. The van der Waals surface area contributed by atoms with Gasteiger partial charge in [-0.1, -0.05) is 22.0 Å². The molecule has 1 fully saturated rings. The van der Waals surface area contributed by atoms with Crippen molar-refractivity contribution in [3.63, 3.8) is 0 Å². The summed E-state index contributed by atoms with van der Waals surface area (Å²) in [4.78, 5) is 12.6. The van der Waals surface area contributed by atoms with Crippen molar-refractivity contribution in [1.29, 1.82) is 0 Å². The highest BCUT2D eigenvalue weighted by molar-refractivity contribution is 9.10. The van der Waals surface area contributed by atoms with Crippen molar-refractivity contribution in [2.45, 2.75) is 12.9 Å². The minimum absolute atomic E-state index is 0.481. The Morgan fingerprint density at radius 3 is 3.08 bits per heavy atom. The average Bonchev–Trinajstić information content (AvgIpc) is 3.20. The first-order valence-electron chi connectivity index (χ1n) is 8.19. The molecular weight excluding hydrogens is 398 g/mol. The molecule has 2 bridgehead atoms. The largest absolute Gasteiger partial charge is 0.471 e. The fourth-order valence-corrected chi connectivity index (χ4v) is 3.63. The molecule has 0 aliphatic carbocycles. The molecule has 26 heavy (non-hydrogen) atoms. The van der Waals surface area contributed by atoms with Crippen LogP contribution in [0, 0.1) is 0 Å². The Hall–Kier alpha value is -2.71. The van der Waals surface area contributed by atoms with Gasteiger partial charge in [0.15, 0.2) is 6.73 Å². The standard InChI is InChI=1S/C18H16BrN5O2/c1-11-9-21-18(22-13-4-2-3-12(19)7-13)24(17(11)23-26-18)14-5-6-16-15(8-14)20-10-25-16/h2-9,20,22-23H,10H2,1H3. The van der Waals surface area contributed by atoms with Crippen molar-refractivity contribution in [3.05, 3.63) is 58.3 Å². The summed E-state index contributed by atoms with van der Waals surface area (Å²) in [6, 6.07) is 13.9. The number of fused-ring (bicyclic) bond motifs is 3. The van der Waals surface area contributed by atoms with Crippen molar-refractivity contribution in [1.82, 2.24) is 5.48 Å². The summed E-state index contributed by atoms with van der Waals surface area (Å²) in [5.74, 6) is 0.583. The van der Waals surface area contributed by atoms with Crippen molar-refractivity contribution < 1.29 is 9.57 Å². The van der Waals surface area contributed by atoms with E-state index < -0.39 is 5.97 Å². The number of anilines is 3. The van der Waals surface area contributed by atoms with Crippen molar-refractivity contribution >= 4 is 39.2 Å². The van der Waals surface area contributed by atoms with E-state index >= 15 is 0 Å². The number of nitrogens with one attached hydrogen (secondary N) is 3. The van der Waals surface area contributed by atoms with Crippen LogP contribution in [0.5, 0.6) is 5.75 Å². The van der Waals surface area contributed by atoms with Gasteiger partial charge in [-0.15, -0.1) is 0 Å². The van der Waals surface area contributed by atoms with E-state index in [9.17, 15) is 0 Å². The van der Waals surface area contributed by atoms with Crippen LogP contribution in [0.3, 0.4) is 0 Å². The maximum absolute atomic E-state index is 5.91. The lowest BCUT2D eigenvalue weighted by Gasteiger charge is -2.36. The molecular formula is C18H16BrN5O2. The number of nitrogens with zero attached hydrogens (tertiary/aromatic N) is 2. The molecule has 2 aromatic carbocycles. The number of ether oxygens (including phenoxy) is 1. The Morgan fingerprint density at radius 1 is 1.27 bits per heavy atom. The smallest absolute Gasteiger partial charge is 0.351 e. The monoisotopic (exact) mass is 413 g/mol. The lowest BCUT2D eigenvalue weighted by Crippen LogP contribution is -2.51. The number of benzene rings is 2. The molecule has 3 N–H and O–H groups in total. The molecule has 5 rings (SSSR count). The third-order valence-corrected chi connectivity index (χ3v) is 4.96. The van der Waals surface area contributed by atoms with E-state index in [0.717, 1.165) is 38.7 Å². The maximum atomic E-state index is 5.91. The fraction of sp³-hybridized carbons (Fsp3) is 0.167. The Kier molecular flexibility index (Phi) is 3.38. The van der Waals surface area contributed by atoms with Gasteiger partial charge in [0, 0.05) is 21.9 Å². The van der Waals surface area contributed by atoms with Crippen molar-refractivity contribution in [2.24, 2.45) is 4.99 Å². The van der Waals surface area contributed by atoms with Gasteiger partial charge in [-0.2, -0.15) is 0 Å². The minimum Gasteiger partial charge on any atom is -0.471 e. The van der Waals surface area contributed by atoms with Crippen LogP contribution in [0.4, 0.5) is 17.1 Å². The molecule has 0 saturated carbocycles. The number of rotatable bonds is 3. The molecule has 1 saturated heterocycles. The topological polar surface area (TPSA) is 70.2 Å². The molecule has 132 valence electrons. The van der Waals surface area contributed by atoms with Crippen LogP contribution in [0.2, 0.25) is 0 Å². The molecule has 2 aromatic rings. The van der Waals surface area contributed by atoms with Gasteiger partial charge >= 0.3 is 5.97 Å². The van der Waals surface area contributed by atoms with Crippen LogP contribution in [0.1, 0.15) is 6.92 Å². The zero-order chi connectivity index (χ0) is 17.7. The quantitative estimate of drug-likeness (QED) is 0.714. The predicted molar refractivity (Wildman–Crippen MR) is 104 cm³/mol. The molecule has 7 nitrogen and oxygen atoms in total. The summed E-state index contributed by atoms with van der Waals surface area (Å²) in [6.07, 6.45) is 1.81. The first kappa shape index (κ1) is 15.5. The van der Waals surface area contributed by atoms with Crippen LogP contribution < -0.4 is 25.8 Å². The Bertz CT molecular complexity index is 960. The van der Waals surface area contributed by atoms with Gasteiger partial charge in [0.05, 0.1) is 11.4 Å². The number of hydroxylamine groups is 1. The molecule has 0 radical (unpaired) electrons. The molecule has 0 amide bonds. The van der Waals surface area contributed by atoms with Gasteiger partial charge in [0.25, 0.3) is 0 Å². The number of halogens is 1. The Labute approximate surface area is 158 Å². The molecule has 3 aliphatic rings. The summed E-state index contributed by atoms with van der Waals surface area (Å²) < 4.78 is 6.50. The van der Waals surface area contributed by atoms with Gasteiger partial charge in [-0.05, 0) is 43.3 Å². The van der Waals surface area contributed by atoms with Gasteiger partial charge in [0.1, 0.15) is 11.6 Å². The lowest BCUT2D eigenvalue weighted by atomic mass is 10.2. The molecule has 8 heteroatoms. The van der Waals surface area contributed by atoms with E-state index in [1.807, 2.05) is 60.5 Å². The second-order valence-corrected chi connectivity index (χ2v) is 7.13. The van der Waals surface area contributed by atoms with Crippen LogP contribution in [0.15, 0.2) is 63.3 Å². The molecule has 3 aliphatic heterocycles. The molecule has 3 heterocycles. The third-order valence-electron chi connectivity index (χ3n) is 4.47. The van der Waals surface area contributed by atoms with Crippen LogP contribution >= 0.6 is 15.9 Å². The van der Waals surface area contributed by atoms with Crippen LogP contribution in [0.25, 0.3) is 0 Å². The summed E-state index contributed by atoms with van der Waals surface area (Å²) in [5, 5.41) is 6.61. The van der Waals surface area contributed by atoms with E-state index in [4.69, 9.17) is 9.57 Å². The first-order chi connectivity index (χ1) is 12.6. The SMILES string of the molecule is CC1=C2NOC(Nc3cccc(Br)c3)(N=C1)N2c1ccc2c(c1)NCO2. The first-order valence-corrected chi connectivity index (χ1v) is 8.99. The predicted octanol–water partition coefficient (Wildman–Crippen LogP) is 3.59. The number of hydrogen-bond donors (Lipinski definition) is 3. The van der Waals surface area contributed by atoms with Gasteiger partial charge in [0.2, 0.25) is 0 Å². The van der Waals surface area contributed by atoms with E-state index in [1.165, 1.54) is 0 Å². The summed E-state index contributed by atoms with van der Waals surface area (Å²) in [7, 11) is 0.